The molecule has 3 rings (SSSR count). The largest absolute Gasteiger partial charge is 0.396 e. The molecule has 0 bridgehead atoms. The highest BCUT2D eigenvalue weighted by molar-refractivity contribution is 5.89. The standard InChI is InChI=1S/C16H22FN3O2/c17-14-9-13(3-4-15(14)19-6-1-2-7-19)18-16(22)20-8-5-12(10-20)11-21/h3-4,9,12,21H,1-2,5-8,10-11H2,(H,18,22). The Bertz CT molecular complexity index is 546. The smallest absolute Gasteiger partial charge is 0.321 e. The maximum Gasteiger partial charge on any atom is 0.321 e. The van der Waals surface area contributed by atoms with Crippen LogP contribution in [0.1, 0.15) is 19.3 Å². The van der Waals surface area contributed by atoms with Gasteiger partial charge in [0.1, 0.15) is 5.82 Å². The van der Waals surface area contributed by atoms with Gasteiger partial charge in [-0.05, 0) is 37.5 Å². The molecule has 0 radical (unpaired) electrons. The first-order valence-electron chi connectivity index (χ1n) is 7.88. The minimum atomic E-state index is -0.297. The van der Waals surface area contributed by atoms with Crippen LogP contribution in [0.3, 0.4) is 0 Å². The van der Waals surface area contributed by atoms with Crippen molar-refractivity contribution in [3.63, 3.8) is 0 Å². The summed E-state index contributed by atoms with van der Waals surface area (Å²) in [6.45, 7) is 3.06. The van der Waals surface area contributed by atoms with Crippen molar-refractivity contribution in [1.82, 2.24) is 4.90 Å². The number of urea groups is 1. The van der Waals surface area contributed by atoms with Gasteiger partial charge in [0.05, 0.1) is 5.69 Å². The van der Waals surface area contributed by atoms with Gasteiger partial charge >= 0.3 is 6.03 Å². The van der Waals surface area contributed by atoms with Gasteiger partial charge in [-0.3, -0.25) is 0 Å². The van der Waals surface area contributed by atoms with E-state index in [4.69, 9.17) is 5.11 Å². The Labute approximate surface area is 129 Å². The molecule has 0 aromatic heterocycles. The summed E-state index contributed by atoms with van der Waals surface area (Å²) < 4.78 is 14.2. The molecule has 0 saturated carbocycles. The molecule has 1 aromatic rings. The van der Waals surface area contributed by atoms with E-state index in [0.29, 0.717) is 24.5 Å². The third-order valence-corrected chi connectivity index (χ3v) is 4.48. The molecule has 2 aliphatic heterocycles. The molecule has 6 heteroatoms. The summed E-state index contributed by atoms with van der Waals surface area (Å²) in [5.41, 5.74) is 1.08. The Morgan fingerprint density at radius 1 is 1.32 bits per heavy atom. The SMILES string of the molecule is O=C(Nc1ccc(N2CCCC2)c(F)c1)N1CCC(CO)C1. The van der Waals surface area contributed by atoms with Gasteiger partial charge in [0.25, 0.3) is 0 Å². The fraction of sp³-hybridized carbons (Fsp3) is 0.562. The fourth-order valence-corrected chi connectivity index (χ4v) is 3.17. The van der Waals surface area contributed by atoms with Gasteiger partial charge in [-0.2, -0.15) is 0 Å². The molecule has 2 heterocycles. The van der Waals surface area contributed by atoms with Gasteiger partial charge in [0.2, 0.25) is 0 Å². The second-order valence-electron chi connectivity index (χ2n) is 6.07. The molecule has 120 valence electrons. The van der Waals surface area contributed by atoms with Crippen LogP contribution in [0.5, 0.6) is 0 Å². The maximum absolute atomic E-state index is 14.2. The van der Waals surface area contributed by atoms with Gasteiger partial charge < -0.3 is 20.2 Å². The number of aliphatic hydroxyl groups excluding tert-OH is 1. The molecule has 2 fully saturated rings. The average molecular weight is 307 g/mol. The lowest BCUT2D eigenvalue weighted by Gasteiger charge is -2.20. The minimum Gasteiger partial charge on any atom is -0.396 e. The second-order valence-corrected chi connectivity index (χ2v) is 6.07. The highest BCUT2D eigenvalue weighted by Gasteiger charge is 2.26. The number of likely N-dealkylation sites (tertiary alicyclic amines) is 1. The van der Waals surface area contributed by atoms with Crippen LogP contribution in [0.4, 0.5) is 20.6 Å². The zero-order chi connectivity index (χ0) is 15.5. The molecule has 1 atom stereocenters. The van der Waals surface area contributed by atoms with Crippen LogP contribution in [-0.4, -0.2) is 48.8 Å². The quantitative estimate of drug-likeness (QED) is 0.901. The van der Waals surface area contributed by atoms with Crippen LogP contribution < -0.4 is 10.2 Å². The molecule has 0 aliphatic carbocycles. The number of halogens is 1. The van der Waals surface area contributed by atoms with Crippen molar-refractivity contribution in [3.8, 4) is 0 Å². The van der Waals surface area contributed by atoms with E-state index in [0.717, 1.165) is 32.4 Å². The summed E-state index contributed by atoms with van der Waals surface area (Å²) in [5.74, 6) is -0.144. The fourth-order valence-electron chi connectivity index (χ4n) is 3.17. The monoisotopic (exact) mass is 307 g/mol. The van der Waals surface area contributed by atoms with E-state index >= 15 is 0 Å². The molecule has 1 aromatic carbocycles. The lowest BCUT2D eigenvalue weighted by molar-refractivity contribution is 0.209. The summed E-state index contributed by atoms with van der Waals surface area (Å²) in [6.07, 6.45) is 3.00. The molecule has 22 heavy (non-hydrogen) atoms. The Balaban J connectivity index is 1.63. The normalized spacial score (nSPS) is 21.5. The molecular weight excluding hydrogens is 285 g/mol. The highest BCUT2D eigenvalue weighted by Crippen LogP contribution is 2.26. The number of aliphatic hydroxyl groups is 1. The maximum atomic E-state index is 14.2. The topological polar surface area (TPSA) is 55.8 Å². The Hall–Kier alpha value is -1.82. The van der Waals surface area contributed by atoms with E-state index in [1.54, 1.807) is 17.0 Å². The summed E-state index contributed by atoms with van der Waals surface area (Å²) >= 11 is 0. The number of anilines is 2. The van der Waals surface area contributed by atoms with Gasteiger partial charge in [0.15, 0.2) is 0 Å². The van der Waals surface area contributed by atoms with E-state index in [-0.39, 0.29) is 24.4 Å². The first-order chi connectivity index (χ1) is 10.7. The van der Waals surface area contributed by atoms with Gasteiger partial charge in [0, 0.05) is 44.4 Å². The van der Waals surface area contributed by atoms with Crippen molar-refractivity contribution in [3.05, 3.63) is 24.0 Å². The summed E-state index contributed by atoms with van der Waals surface area (Å²) in [7, 11) is 0. The van der Waals surface area contributed by atoms with Crippen molar-refractivity contribution in [2.75, 3.05) is 43.0 Å². The van der Waals surface area contributed by atoms with E-state index in [1.807, 2.05) is 4.90 Å². The van der Waals surface area contributed by atoms with Crippen LogP contribution in [0.15, 0.2) is 18.2 Å². The second kappa shape index (κ2) is 6.52. The van der Waals surface area contributed by atoms with Crippen molar-refractivity contribution in [2.45, 2.75) is 19.3 Å². The third kappa shape index (κ3) is 3.16. The van der Waals surface area contributed by atoms with Gasteiger partial charge in [-0.25, -0.2) is 9.18 Å². The predicted molar refractivity (Wildman–Crippen MR) is 83.6 cm³/mol. The predicted octanol–water partition coefficient (Wildman–Crippen LogP) is 2.27. The van der Waals surface area contributed by atoms with Crippen LogP contribution in [0, 0.1) is 11.7 Å². The molecule has 2 aliphatic rings. The summed E-state index contributed by atoms with van der Waals surface area (Å²) in [5, 5.41) is 11.8. The Morgan fingerprint density at radius 3 is 2.73 bits per heavy atom. The molecule has 5 nitrogen and oxygen atoms in total. The molecule has 2 N–H and O–H groups in total. The van der Waals surface area contributed by atoms with E-state index in [2.05, 4.69) is 5.32 Å². The molecule has 0 spiro atoms. The number of nitrogens with one attached hydrogen (secondary N) is 1. The van der Waals surface area contributed by atoms with Crippen molar-refractivity contribution in [2.24, 2.45) is 5.92 Å². The Morgan fingerprint density at radius 2 is 2.09 bits per heavy atom. The molecule has 2 amide bonds. The third-order valence-electron chi connectivity index (χ3n) is 4.48. The van der Waals surface area contributed by atoms with Crippen molar-refractivity contribution < 1.29 is 14.3 Å². The highest BCUT2D eigenvalue weighted by atomic mass is 19.1. The van der Waals surface area contributed by atoms with Crippen LogP contribution in [0.2, 0.25) is 0 Å². The zero-order valence-corrected chi connectivity index (χ0v) is 12.6. The van der Waals surface area contributed by atoms with Crippen LogP contribution in [-0.2, 0) is 0 Å². The lowest BCUT2D eigenvalue weighted by atomic mass is 10.1. The molecule has 2 saturated heterocycles. The van der Waals surface area contributed by atoms with Crippen LogP contribution in [0.25, 0.3) is 0 Å². The number of benzene rings is 1. The molecule has 1 unspecified atom stereocenters. The van der Waals surface area contributed by atoms with Gasteiger partial charge in [-0.15, -0.1) is 0 Å². The average Bonchev–Trinajstić information content (AvgIpc) is 3.19. The lowest BCUT2D eigenvalue weighted by Crippen LogP contribution is -2.33. The first-order valence-corrected chi connectivity index (χ1v) is 7.88. The zero-order valence-electron chi connectivity index (χ0n) is 12.6. The number of carbonyl (C=O) groups excluding carboxylic acids is 1. The van der Waals surface area contributed by atoms with E-state index < -0.39 is 0 Å². The van der Waals surface area contributed by atoms with Crippen molar-refractivity contribution >= 4 is 17.4 Å². The number of amides is 2. The van der Waals surface area contributed by atoms with Crippen molar-refractivity contribution in [1.29, 1.82) is 0 Å². The minimum absolute atomic E-state index is 0.100. The van der Waals surface area contributed by atoms with Crippen LogP contribution >= 0.6 is 0 Å². The number of rotatable bonds is 3. The summed E-state index contributed by atoms with van der Waals surface area (Å²) in [4.78, 5) is 15.8. The van der Waals surface area contributed by atoms with E-state index in [9.17, 15) is 9.18 Å². The van der Waals surface area contributed by atoms with Gasteiger partial charge in [-0.1, -0.05) is 0 Å². The molecular formula is C16H22FN3O2. The number of carbonyl (C=O) groups is 1. The summed E-state index contributed by atoms with van der Waals surface area (Å²) in [6, 6.07) is 4.63. The first kappa shape index (κ1) is 15.1. The number of hydrogen-bond acceptors (Lipinski definition) is 3. The number of nitrogens with zero attached hydrogens (tertiary/aromatic N) is 2. The number of hydrogen-bond donors (Lipinski definition) is 2. The van der Waals surface area contributed by atoms with E-state index in [1.165, 1.54) is 6.07 Å². The Kier molecular flexibility index (Phi) is 4.47.